The van der Waals surface area contributed by atoms with Gasteiger partial charge in [0.05, 0.1) is 23.0 Å². The van der Waals surface area contributed by atoms with E-state index in [1.165, 1.54) is 12.1 Å². The zero-order valence-electron chi connectivity index (χ0n) is 26.5. The van der Waals surface area contributed by atoms with Gasteiger partial charge in [0.2, 0.25) is 0 Å². The number of ether oxygens (including phenoxy) is 1. The van der Waals surface area contributed by atoms with Crippen LogP contribution >= 0.6 is 23.2 Å². The van der Waals surface area contributed by atoms with Gasteiger partial charge in [-0.25, -0.2) is 18.4 Å². The molecule has 1 aliphatic heterocycles. The van der Waals surface area contributed by atoms with Gasteiger partial charge in [0, 0.05) is 29.7 Å². The second kappa shape index (κ2) is 14.8. The summed E-state index contributed by atoms with van der Waals surface area (Å²) in [5.41, 5.74) is 4.59. The van der Waals surface area contributed by atoms with Crippen LogP contribution in [0.3, 0.4) is 0 Å². The SMILES string of the molecule is O=C1CN(c2ccc(Cn3cc(-c4ccc(Cl)cc4Cl)nc3C=Cc3ccc(-c4ccc(OCCCC(F)(F)F)c(F)c4)cc3)cc2)S(=O)(=O)N1. The molecule has 0 aliphatic carbocycles. The molecule has 0 atom stereocenters. The number of alkyl halides is 3. The molecule has 1 amide bonds. The minimum Gasteiger partial charge on any atom is -0.491 e. The highest BCUT2D eigenvalue weighted by molar-refractivity contribution is 7.92. The van der Waals surface area contributed by atoms with Gasteiger partial charge in [-0.05, 0) is 77.2 Å². The number of anilines is 1. The molecular formula is C36H28Cl2F4N4O4S. The smallest absolute Gasteiger partial charge is 0.389 e. The van der Waals surface area contributed by atoms with Crippen molar-refractivity contribution in [2.75, 3.05) is 17.5 Å². The molecule has 1 N–H and O–H groups in total. The van der Waals surface area contributed by atoms with E-state index >= 15 is 0 Å². The zero-order chi connectivity index (χ0) is 36.3. The Kier molecular flexibility index (Phi) is 10.4. The van der Waals surface area contributed by atoms with E-state index in [0.29, 0.717) is 44.9 Å². The fourth-order valence-corrected chi connectivity index (χ4v) is 7.02. The molecule has 0 radical (unpaired) electrons. The van der Waals surface area contributed by atoms with Crippen molar-refractivity contribution in [3.63, 3.8) is 0 Å². The summed E-state index contributed by atoms with van der Waals surface area (Å²) in [4.78, 5) is 16.5. The third-order valence-corrected chi connectivity index (χ3v) is 9.83. The Balaban J connectivity index is 1.20. The van der Waals surface area contributed by atoms with Crippen LogP contribution < -0.4 is 13.8 Å². The Morgan fingerprint density at radius 3 is 2.29 bits per heavy atom. The first-order chi connectivity index (χ1) is 24.2. The molecule has 5 aromatic rings. The summed E-state index contributed by atoms with van der Waals surface area (Å²) in [7, 11) is -3.93. The first kappa shape index (κ1) is 36.0. The number of imidazole rings is 1. The fourth-order valence-electron chi connectivity index (χ4n) is 5.37. The van der Waals surface area contributed by atoms with Crippen LogP contribution in [0.1, 0.15) is 29.8 Å². The van der Waals surface area contributed by atoms with Gasteiger partial charge in [-0.2, -0.15) is 21.6 Å². The molecular weight excluding hydrogens is 731 g/mol. The number of nitrogens with one attached hydrogen (secondary N) is 1. The topological polar surface area (TPSA) is 93.5 Å². The van der Waals surface area contributed by atoms with Crippen molar-refractivity contribution in [3.05, 3.63) is 124 Å². The van der Waals surface area contributed by atoms with Gasteiger partial charge < -0.3 is 9.30 Å². The highest BCUT2D eigenvalue weighted by atomic mass is 35.5. The third-order valence-electron chi connectivity index (χ3n) is 7.87. The van der Waals surface area contributed by atoms with Crippen LogP contribution in [0.25, 0.3) is 34.5 Å². The van der Waals surface area contributed by atoms with Gasteiger partial charge >= 0.3 is 16.4 Å². The predicted molar refractivity (Wildman–Crippen MR) is 189 cm³/mol. The maximum absolute atomic E-state index is 14.7. The minimum absolute atomic E-state index is 0.112. The molecule has 4 aromatic carbocycles. The Morgan fingerprint density at radius 1 is 0.922 bits per heavy atom. The van der Waals surface area contributed by atoms with Crippen LogP contribution in [0, 0.1) is 5.82 Å². The van der Waals surface area contributed by atoms with Gasteiger partial charge in [0.1, 0.15) is 12.4 Å². The van der Waals surface area contributed by atoms with Gasteiger partial charge in [0.15, 0.2) is 11.6 Å². The molecule has 0 saturated carbocycles. The summed E-state index contributed by atoms with van der Waals surface area (Å²) < 4.78 is 86.3. The molecule has 0 unspecified atom stereocenters. The summed E-state index contributed by atoms with van der Waals surface area (Å²) in [6.45, 7) is -0.171. The highest BCUT2D eigenvalue weighted by Crippen LogP contribution is 2.32. The van der Waals surface area contributed by atoms with Crippen molar-refractivity contribution in [1.82, 2.24) is 14.3 Å². The van der Waals surface area contributed by atoms with Crippen LogP contribution in [0.15, 0.2) is 91.1 Å². The second-order valence-electron chi connectivity index (χ2n) is 11.6. The lowest BCUT2D eigenvalue weighted by molar-refractivity contribution is -0.136. The van der Waals surface area contributed by atoms with Crippen molar-refractivity contribution in [1.29, 1.82) is 0 Å². The molecule has 1 fully saturated rings. The number of halogens is 6. The molecule has 15 heteroatoms. The number of amides is 1. The first-order valence-electron chi connectivity index (χ1n) is 15.5. The summed E-state index contributed by atoms with van der Waals surface area (Å²) in [6.07, 6.45) is -0.0215. The number of nitrogens with zero attached hydrogens (tertiary/aromatic N) is 3. The maximum Gasteiger partial charge on any atom is 0.389 e. The monoisotopic (exact) mass is 758 g/mol. The average Bonchev–Trinajstić information content (AvgIpc) is 3.60. The average molecular weight is 760 g/mol. The number of rotatable bonds is 11. The number of benzene rings is 4. The predicted octanol–water partition coefficient (Wildman–Crippen LogP) is 8.78. The van der Waals surface area contributed by atoms with Gasteiger partial charge in [0.25, 0.3) is 5.91 Å². The molecule has 51 heavy (non-hydrogen) atoms. The first-order valence-corrected chi connectivity index (χ1v) is 17.7. The van der Waals surface area contributed by atoms with Crippen molar-refractivity contribution < 1.29 is 35.5 Å². The van der Waals surface area contributed by atoms with E-state index in [1.54, 1.807) is 48.5 Å². The van der Waals surface area contributed by atoms with Crippen molar-refractivity contribution in [2.24, 2.45) is 0 Å². The Hall–Kier alpha value is -4.85. The summed E-state index contributed by atoms with van der Waals surface area (Å²) in [6, 6.07) is 23.6. The van der Waals surface area contributed by atoms with Gasteiger partial charge in [-0.15, -0.1) is 0 Å². The van der Waals surface area contributed by atoms with E-state index in [9.17, 15) is 30.8 Å². The van der Waals surface area contributed by atoms with Crippen LogP contribution in [-0.2, 0) is 21.5 Å². The zero-order valence-corrected chi connectivity index (χ0v) is 28.8. The van der Waals surface area contributed by atoms with Crippen LogP contribution in [-0.4, -0.2) is 43.2 Å². The normalized spacial score (nSPS) is 14.3. The highest BCUT2D eigenvalue weighted by Gasteiger charge is 2.33. The number of carbonyl (C=O) groups excluding carboxylic acids is 1. The maximum atomic E-state index is 14.7. The lowest BCUT2D eigenvalue weighted by Crippen LogP contribution is -2.29. The molecule has 1 aliphatic rings. The molecule has 264 valence electrons. The van der Waals surface area contributed by atoms with E-state index in [-0.39, 0.29) is 25.3 Å². The third kappa shape index (κ3) is 8.91. The van der Waals surface area contributed by atoms with E-state index < -0.39 is 34.5 Å². The van der Waals surface area contributed by atoms with Gasteiger partial charge in [-0.3, -0.25) is 4.79 Å². The second-order valence-corrected chi connectivity index (χ2v) is 14.0. The largest absolute Gasteiger partial charge is 0.491 e. The van der Waals surface area contributed by atoms with Crippen LogP contribution in [0.5, 0.6) is 5.75 Å². The fraction of sp³-hybridized carbons (Fsp3) is 0.167. The quantitative estimate of drug-likeness (QED) is 0.107. The summed E-state index contributed by atoms with van der Waals surface area (Å²) in [5.74, 6) is -0.795. The summed E-state index contributed by atoms with van der Waals surface area (Å²) in [5, 5.41) is 0.908. The minimum atomic E-state index is -4.29. The van der Waals surface area contributed by atoms with E-state index in [0.717, 1.165) is 21.0 Å². The van der Waals surface area contributed by atoms with Crippen LogP contribution in [0.2, 0.25) is 10.0 Å². The lowest BCUT2D eigenvalue weighted by Gasteiger charge is -2.15. The standard InChI is InChI=1S/C36H28Cl2F4N4O4S/c37-27-10-13-29(30(38)19-27)32-21-45(20-24-4-11-28(12-5-24)46-22-35(47)44-51(46,48)49)34(43-32)15-6-23-2-7-25(8-3-23)26-9-14-33(31(39)18-26)50-17-1-16-36(40,41)42/h2-15,18-19,21H,1,16-17,20,22H2,(H,44,47). The number of hydrogen-bond acceptors (Lipinski definition) is 5. The van der Waals surface area contributed by atoms with E-state index in [2.05, 4.69) is 0 Å². The number of aromatic nitrogens is 2. The summed E-state index contributed by atoms with van der Waals surface area (Å²) >= 11 is 12.6. The van der Waals surface area contributed by atoms with Crippen molar-refractivity contribution in [3.8, 4) is 28.1 Å². The van der Waals surface area contributed by atoms with Crippen molar-refractivity contribution in [2.45, 2.75) is 25.6 Å². The van der Waals surface area contributed by atoms with E-state index in [4.69, 9.17) is 32.9 Å². The van der Waals surface area contributed by atoms with Crippen LogP contribution in [0.4, 0.5) is 23.2 Å². The van der Waals surface area contributed by atoms with Gasteiger partial charge in [-0.1, -0.05) is 71.7 Å². The molecule has 1 aromatic heterocycles. The molecule has 8 nitrogen and oxygen atoms in total. The number of carbonyl (C=O) groups is 1. The molecule has 6 rings (SSSR count). The molecule has 0 spiro atoms. The Morgan fingerprint density at radius 2 is 1.65 bits per heavy atom. The molecule has 0 bridgehead atoms. The molecule has 2 heterocycles. The Bertz CT molecular complexity index is 2210. The lowest BCUT2D eigenvalue weighted by atomic mass is 10.0. The van der Waals surface area contributed by atoms with Crippen molar-refractivity contribution >= 4 is 57.2 Å². The Labute approximate surface area is 301 Å². The number of hydrogen-bond donors (Lipinski definition) is 1. The van der Waals surface area contributed by atoms with E-state index in [1.807, 2.05) is 51.9 Å². The molecule has 1 saturated heterocycles.